The van der Waals surface area contributed by atoms with Gasteiger partial charge in [0.05, 0.1) is 12.2 Å². The summed E-state index contributed by atoms with van der Waals surface area (Å²) in [6.07, 6.45) is 5.28. The van der Waals surface area contributed by atoms with Crippen molar-refractivity contribution in [2.45, 2.75) is 13.5 Å². The van der Waals surface area contributed by atoms with Crippen LogP contribution in [0, 0.1) is 6.92 Å². The van der Waals surface area contributed by atoms with Gasteiger partial charge in [-0.05, 0) is 31.2 Å². The van der Waals surface area contributed by atoms with Crippen LogP contribution in [0.25, 0.3) is 11.4 Å². The van der Waals surface area contributed by atoms with Crippen molar-refractivity contribution in [3.8, 4) is 11.4 Å². The van der Waals surface area contributed by atoms with E-state index in [0.717, 1.165) is 22.8 Å². The Labute approximate surface area is 123 Å². The van der Waals surface area contributed by atoms with E-state index in [-0.39, 0.29) is 0 Å². The Morgan fingerprint density at radius 1 is 1.05 bits per heavy atom. The van der Waals surface area contributed by atoms with Gasteiger partial charge in [-0.1, -0.05) is 6.07 Å². The standard InChI is InChI=1S/C16H15N5/c1-12-9-15(19-11-14-6-2-3-8-18-14)21-16(20-12)13-5-4-7-17-10-13/h2-10H,11H2,1H3,(H,19,20,21). The van der Waals surface area contributed by atoms with Gasteiger partial charge in [-0.2, -0.15) is 0 Å². The second kappa shape index (κ2) is 6.09. The summed E-state index contributed by atoms with van der Waals surface area (Å²) in [6, 6.07) is 11.6. The van der Waals surface area contributed by atoms with Gasteiger partial charge >= 0.3 is 0 Å². The fraction of sp³-hybridized carbons (Fsp3) is 0.125. The third-order valence-corrected chi connectivity index (χ3v) is 2.95. The molecule has 3 rings (SSSR count). The van der Waals surface area contributed by atoms with Gasteiger partial charge < -0.3 is 5.32 Å². The van der Waals surface area contributed by atoms with E-state index in [2.05, 4.69) is 25.3 Å². The van der Waals surface area contributed by atoms with Crippen LogP contribution in [0.3, 0.4) is 0 Å². The van der Waals surface area contributed by atoms with Gasteiger partial charge in [-0.25, -0.2) is 9.97 Å². The average molecular weight is 277 g/mol. The maximum absolute atomic E-state index is 4.53. The van der Waals surface area contributed by atoms with Crippen molar-refractivity contribution >= 4 is 5.82 Å². The largest absolute Gasteiger partial charge is 0.364 e. The maximum Gasteiger partial charge on any atom is 0.163 e. The number of aryl methyl sites for hydroxylation is 1. The minimum Gasteiger partial charge on any atom is -0.364 e. The van der Waals surface area contributed by atoms with Crippen molar-refractivity contribution in [1.29, 1.82) is 0 Å². The molecule has 5 heteroatoms. The Morgan fingerprint density at radius 3 is 2.76 bits per heavy atom. The Kier molecular flexibility index (Phi) is 3.82. The second-order valence-electron chi connectivity index (χ2n) is 4.63. The first-order valence-corrected chi connectivity index (χ1v) is 6.71. The first-order chi connectivity index (χ1) is 10.3. The maximum atomic E-state index is 4.53. The van der Waals surface area contributed by atoms with E-state index >= 15 is 0 Å². The molecule has 0 bridgehead atoms. The summed E-state index contributed by atoms with van der Waals surface area (Å²) in [5.74, 6) is 1.46. The van der Waals surface area contributed by atoms with E-state index in [9.17, 15) is 0 Å². The van der Waals surface area contributed by atoms with Crippen LogP contribution in [0.5, 0.6) is 0 Å². The lowest BCUT2D eigenvalue weighted by atomic mass is 10.2. The van der Waals surface area contributed by atoms with Gasteiger partial charge in [-0.15, -0.1) is 0 Å². The first kappa shape index (κ1) is 13.2. The summed E-state index contributed by atoms with van der Waals surface area (Å²) >= 11 is 0. The van der Waals surface area contributed by atoms with E-state index in [1.165, 1.54) is 0 Å². The molecule has 3 aromatic rings. The van der Waals surface area contributed by atoms with E-state index in [0.29, 0.717) is 12.4 Å². The van der Waals surface area contributed by atoms with E-state index < -0.39 is 0 Å². The summed E-state index contributed by atoms with van der Waals surface area (Å²) in [4.78, 5) is 17.4. The van der Waals surface area contributed by atoms with Crippen LogP contribution in [0.1, 0.15) is 11.4 Å². The van der Waals surface area contributed by atoms with Crippen LogP contribution in [0.4, 0.5) is 5.82 Å². The zero-order chi connectivity index (χ0) is 14.5. The molecule has 0 amide bonds. The number of rotatable bonds is 4. The molecule has 0 saturated heterocycles. The Hall–Kier alpha value is -2.82. The highest BCUT2D eigenvalue weighted by Gasteiger charge is 2.05. The highest BCUT2D eigenvalue weighted by Crippen LogP contribution is 2.16. The quantitative estimate of drug-likeness (QED) is 0.794. The normalized spacial score (nSPS) is 10.3. The Bertz CT molecular complexity index is 713. The van der Waals surface area contributed by atoms with Crippen LogP contribution in [0.2, 0.25) is 0 Å². The van der Waals surface area contributed by atoms with Crippen LogP contribution in [-0.2, 0) is 6.54 Å². The summed E-state index contributed by atoms with van der Waals surface area (Å²) in [5, 5.41) is 3.28. The molecule has 0 aliphatic carbocycles. The van der Waals surface area contributed by atoms with E-state index in [1.807, 2.05) is 43.3 Å². The van der Waals surface area contributed by atoms with Gasteiger partial charge in [0, 0.05) is 35.9 Å². The molecular weight excluding hydrogens is 262 g/mol. The molecule has 5 nitrogen and oxygen atoms in total. The molecule has 0 aliphatic rings. The molecular formula is C16H15N5. The molecule has 1 N–H and O–H groups in total. The third kappa shape index (κ3) is 3.39. The fourth-order valence-electron chi connectivity index (χ4n) is 1.97. The van der Waals surface area contributed by atoms with Gasteiger partial charge in [-0.3, -0.25) is 9.97 Å². The van der Waals surface area contributed by atoms with Crippen molar-refractivity contribution in [3.63, 3.8) is 0 Å². The Morgan fingerprint density at radius 2 is 2.00 bits per heavy atom. The number of aromatic nitrogens is 4. The van der Waals surface area contributed by atoms with Crippen molar-refractivity contribution in [3.05, 3.63) is 66.4 Å². The number of hydrogen-bond acceptors (Lipinski definition) is 5. The summed E-state index contributed by atoms with van der Waals surface area (Å²) in [5.41, 5.74) is 2.78. The number of anilines is 1. The lowest BCUT2D eigenvalue weighted by Gasteiger charge is -2.08. The van der Waals surface area contributed by atoms with Gasteiger partial charge in [0.15, 0.2) is 5.82 Å². The monoisotopic (exact) mass is 277 g/mol. The molecule has 104 valence electrons. The van der Waals surface area contributed by atoms with Gasteiger partial charge in [0.2, 0.25) is 0 Å². The molecule has 0 radical (unpaired) electrons. The fourth-order valence-corrected chi connectivity index (χ4v) is 1.97. The molecule has 3 aromatic heterocycles. The molecule has 0 fully saturated rings. The molecule has 0 atom stereocenters. The van der Waals surface area contributed by atoms with Crippen molar-refractivity contribution < 1.29 is 0 Å². The van der Waals surface area contributed by atoms with Crippen LogP contribution in [-0.4, -0.2) is 19.9 Å². The van der Waals surface area contributed by atoms with Crippen LogP contribution >= 0.6 is 0 Å². The van der Waals surface area contributed by atoms with Crippen LogP contribution in [0.15, 0.2) is 55.0 Å². The molecule has 0 aromatic carbocycles. The van der Waals surface area contributed by atoms with Crippen LogP contribution < -0.4 is 5.32 Å². The topological polar surface area (TPSA) is 63.6 Å². The molecule has 21 heavy (non-hydrogen) atoms. The molecule has 0 aliphatic heterocycles. The molecule has 0 spiro atoms. The smallest absolute Gasteiger partial charge is 0.163 e. The van der Waals surface area contributed by atoms with E-state index in [1.54, 1.807) is 18.6 Å². The highest BCUT2D eigenvalue weighted by atomic mass is 15.0. The minimum atomic E-state index is 0.629. The molecule has 3 heterocycles. The highest BCUT2D eigenvalue weighted by molar-refractivity contribution is 5.56. The lowest BCUT2D eigenvalue weighted by molar-refractivity contribution is 1.01. The molecule has 0 unspecified atom stereocenters. The average Bonchev–Trinajstić information content (AvgIpc) is 2.54. The van der Waals surface area contributed by atoms with Gasteiger partial charge in [0.1, 0.15) is 5.82 Å². The zero-order valence-corrected chi connectivity index (χ0v) is 11.7. The predicted molar refractivity (Wildman–Crippen MR) is 81.6 cm³/mol. The number of nitrogens with one attached hydrogen (secondary N) is 1. The predicted octanol–water partition coefficient (Wildman–Crippen LogP) is 2.85. The van der Waals surface area contributed by atoms with Crippen molar-refractivity contribution in [2.24, 2.45) is 0 Å². The minimum absolute atomic E-state index is 0.629. The second-order valence-corrected chi connectivity index (χ2v) is 4.63. The lowest BCUT2D eigenvalue weighted by Crippen LogP contribution is -2.05. The Balaban J connectivity index is 1.82. The van der Waals surface area contributed by atoms with E-state index in [4.69, 9.17) is 0 Å². The van der Waals surface area contributed by atoms with Gasteiger partial charge in [0.25, 0.3) is 0 Å². The summed E-state index contributed by atoms with van der Waals surface area (Å²) in [6.45, 7) is 2.58. The third-order valence-electron chi connectivity index (χ3n) is 2.95. The summed E-state index contributed by atoms with van der Waals surface area (Å²) in [7, 11) is 0. The molecule has 0 saturated carbocycles. The first-order valence-electron chi connectivity index (χ1n) is 6.71. The number of pyridine rings is 2. The zero-order valence-electron chi connectivity index (χ0n) is 11.7. The SMILES string of the molecule is Cc1cc(NCc2ccccn2)nc(-c2cccnc2)n1. The number of hydrogen-bond donors (Lipinski definition) is 1. The van der Waals surface area contributed by atoms with Crippen molar-refractivity contribution in [1.82, 2.24) is 19.9 Å². The summed E-state index contributed by atoms with van der Waals surface area (Å²) < 4.78 is 0. The number of nitrogens with zero attached hydrogens (tertiary/aromatic N) is 4. The van der Waals surface area contributed by atoms with Crippen molar-refractivity contribution in [2.75, 3.05) is 5.32 Å².